The van der Waals surface area contributed by atoms with Gasteiger partial charge in [0.1, 0.15) is 0 Å². The topological polar surface area (TPSA) is 29.1 Å². The number of benzene rings is 1. The quantitative estimate of drug-likeness (QED) is 0.808. The third-order valence-electron chi connectivity index (χ3n) is 2.70. The maximum Gasteiger partial charge on any atom is 0.162 e. The Labute approximate surface area is 122 Å². The molecule has 1 atom stereocenters. The molecule has 0 heterocycles. The van der Waals surface area contributed by atoms with E-state index in [1.54, 1.807) is 0 Å². The fourth-order valence-corrected chi connectivity index (χ4v) is 2.31. The Morgan fingerprint density at radius 2 is 1.88 bits per heavy atom. The lowest BCUT2D eigenvalue weighted by atomic mass is 9.97. The van der Waals surface area contributed by atoms with Crippen molar-refractivity contribution in [1.29, 1.82) is 0 Å². The van der Waals surface area contributed by atoms with E-state index in [1.807, 2.05) is 32.0 Å². The highest BCUT2D eigenvalue weighted by Gasteiger charge is 2.27. The van der Waals surface area contributed by atoms with Gasteiger partial charge in [0.15, 0.2) is 5.78 Å². The van der Waals surface area contributed by atoms with Gasteiger partial charge in [-0.1, -0.05) is 46.3 Å². The summed E-state index contributed by atoms with van der Waals surface area (Å²) in [5, 5.41) is 3.73. The van der Waals surface area contributed by atoms with Crippen LogP contribution < -0.4 is 5.32 Å². The predicted molar refractivity (Wildman–Crippen MR) is 81.2 cm³/mol. The zero-order valence-electron chi connectivity index (χ0n) is 10.4. The van der Waals surface area contributed by atoms with Gasteiger partial charge in [0.25, 0.3) is 0 Å². The van der Waals surface area contributed by atoms with Crippen molar-refractivity contribution >= 4 is 38.7 Å². The number of alkyl halides is 1. The first-order chi connectivity index (χ1) is 7.47. The number of nitrogens with one attached hydrogen (secondary N) is 1. The summed E-state index contributed by atoms with van der Waals surface area (Å²) in [5.74, 6) is 0.162. The summed E-state index contributed by atoms with van der Waals surface area (Å²) in [6.07, 6.45) is 0. The zero-order chi connectivity index (χ0) is 12.2. The van der Waals surface area contributed by atoms with Crippen LogP contribution in [-0.2, 0) is 4.79 Å². The molecule has 0 aliphatic carbocycles. The first-order valence-corrected chi connectivity index (χ1v) is 6.51. The average molecular weight is 365 g/mol. The highest BCUT2D eigenvalue weighted by atomic mass is 79.9. The Morgan fingerprint density at radius 3 is 2.35 bits per heavy atom. The van der Waals surface area contributed by atoms with Gasteiger partial charge in [-0.2, -0.15) is 0 Å². The molecule has 0 amide bonds. The Balaban J connectivity index is 0.00000256. The SMILES string of the molecule is Br.CC(NC(C)(C)C(=O)CBr)c1ccccc1. The van der Waals surface area contributed by atoms with Gasteiger partial charge in [-0.3, -0.25) is 10.1 Å². The van der Waals surface area contributed by atoms with Crippen LogP contribution >= 0.6 is 32.9 Å². The Bertz CT molecular complexity index is 352. The van der Waals surface area contributed by atoms with E-state index in [0.717, 1.165) is 0 Å². The van der Waals surface area contributed by atoms with Gasteiger partial charge in [0.2, 0.25) is 0 Å². The van der Waals surface area contributed by atoms with Crippen LogP contribution in [0.1, 0.15) is 32.4 Å². The molecule has 0 saturated carbocycles. The van der Waals surface area contributed by atoms with Crippen molar-refractivity contribution in [2.24, 2.45) is 0 Å². The lowest BCUT2D eigenvalue weighted by molar-refractivity contribution is -0.121. The number of carbonyl (C=O) groups is 1. The number of hydrogen-bond donors (Lipinski definition) is 1. The third kappa shape index (κ3) is 4.90. The molecule has 4 heteroatoms. The van der Waals surface area contributed by atoms with E-state index in [-0.39, 0.29) is 28.8 Å². The van der Waals surface area contributed by atoms with Crippen molar-refractivity contribution in [3.8, 4) is 0 Å². The van der Waals surface area contributed by atoms with E-state index in [1.165, 1.54) is 5.56 Å². The second kappa shape index (κ2) is 7.29. The van der Waals surface area contributed by atoms with Crippen LogP contribution in [0.4, 0.5) is 0 Å². The maximum atomic E-state index is 11.7. The Kier molecular flexibility index (Phi) is 7.21. The second-order valence-corrected chi connectivity index (χ2v) is 5.02. The number of rotatable bonds is 5. The van der Waals surface area contributed by atoms with Crippen molar-refractivity contribution in [3.05, 3.63) is 35.9 Å². The normalized spacial score (nSPS) is 12.7. The Hall–Kier alpha value is -0.190. The largest absolute Gasteiger partial charge is 0.299 e. The second-order valence-electron chi connectivity index (χ2n) is 4.46. The van der Waals surface area contributed by atoms with Gasteiger partial charge in [-0.15, -0.1) is 17.0 Å². The zero-order valence-corrected chi connectivity index (χ0v) is 13.7. The van der Waals surface area contributed by atoms with Gasteiger partial charge in [0.05, 0.1) is 10.9 Å². The summed E-state index contributed by atoms with van der Waals surface area (Å²) in [4.78, 5) is 11.7. The first-order valence-electron chi connectivity index (χ1n) is 5.39. The molecular weight excluding hydrogens is 346 g/mol. The number of carbonyl (C=O) groups excluding carboxylic acids is 1. The van der Waals surface area contributed by atoms with Crippen molar-refractivity contribution in [1.82, 2.24) is 5.32 Å². The van der Waals surface area contributed by atoms with E-state index in [0.29, 0.717) is 5.33 Å². The molecule has 17 heavy (non-hydrogen) atoms. The molecule has 0 aliphatic heterocycles. The molecule has 1 aromatic carbocycles. The summed E-state index contributed by atoms with van der Waals surface area (Å²) in [6.45, 7) is 5.89. The standard InChI is InChI=1S/C13H18BrNO.BrH/c1-10(11-7-5-4-6-8-11)15-13(2,3)12(16)9-14;/h4-8,10,15H,9H2,1-3H3;1H. The van der Waals surface area contributed by atoms with Gasteiger partial charge < -0.3 is 0 Å². The molecule has 0 fully saturated rings. The summed E-state index contributed by atoms with van der Waals surface area (Å²) >= 11 is 3.21. The van der Waals surface area contributed by atoms with Crippen molar-refractivity contribution in [2.75, 3.05) is 5.33 Å². The van der Waals surface area contributed by atoms with Gasteiger partial charge in [-0.05, 0) is 26.3 Å². The van der Waals surface area contributed by atoms with E-state index in [2.05, 4.69) is 40.3 Å². The molecule has 0 saturated heterocycles. The highest BCUT2D eigenvalue weighted by molar-refractivity contribution is 9.09. The fraction of sp³-hybridized carbons (Fsp3) is 0.462. The van der Waals surface area contributed by atoms with E-state index in [4.69, 9.17) is 0 Å². The van der Waals surface area contributed by atoms with Crippen molar-refractivity contribution in [3.63, 3.8) is 0 Å². The van der Waals surface area contributed by atoms with Crippen LogP contribution in [0.5, 0.6) is 0 Å². The molecule has 1 N–H and O–H groups in total. The molecule has 0 aliphatic rings. The molecule has 2 nitrogen and oxygen atoms in total. The highest BCUT2D eigenvalue weighted by Crippen LogP contribution is 2.17. The van der Waals surface area contributed by atoms with Gasteiger partial charge >= 0.3 is 0 Å². The lowest BCUT2D eigenvalue weighted by Gasteiger charge is -2.28. The van der Waals surface area contributed by atoms with Crippen molar-refractivity contribution in [2.45, 2.75) is 32.4 Å². The van der Waals surface area contributed by atoms with E-state index >= 15 is 0 Å². The molecule has 0 spiro atoms. The number of halogens is 2. The molecule has 1 unspecified atom stereocenters. The molecule has 96 valence electrons. The number of hydrogen-bond acceptors (Lipinski definition) is 2. The van der Waals surface area contributed by atoms with Crippen molar-refractivity contribution < 1.29 is 4.79 Å². The Morgan fingerprint density at radius 1 is 1.35 bits per heavy atom. The minimum absolute atomic E-state index is 0. The fourth-order valence-electron chi connectivity index (χ4n) is 1.61. The molecule has 0 radical (unpaired) electrons. The number of Topliss-reactive ketones (excluding diaryl/α,β-unsaturated/α-hetero) is 1. The molecule has 0 bridgehead atoms. The van der Waals surface area contributed by atoms with Gasteiger partial charge in [0, 0.05) is 6.04 Å². The van der Waals surface area contributed by atoms with E-state index < -0.39 is 5.54 Å². The van der Waals surface area contributed by atoms with Crippen LogP contribution in [0.25, 0.3) is 0 Å². The smallest absolute Gasteiger partial charge is 0.162 e. The lowest BCUT2D eigenvalue weighted by Crippen LogP contribution is -2.48. The monoisotopic (exact) mass is 363 g/mol. The average Bonchev–Trinajstić information content (AvgIpc) is 2.28. The minimum Gasteiger partial charge on any atom is -0.299 e. The summed E-state index contributed by atoms with van der Waals surface area (Å²) in [5.41, 5.74) is 0.691. The van der Waals surface area contributed by atoms with Gasteiger partial charge in [-0.25, -0.2) is 0 Å². The first kappa shape index (κ1) is 16.8. The van der Waals surface area contributed by atoms with Crippen LogP contribution in [-0.4, -0.2) is 16.7 Å². The maximum absolute atomic E-state index is 11.7. The van der Waals surface area contributed by atoms with Crippen LogP contribution in [0, 0.1) is 0 Å². The van der Waals surface area contributed by atoms with E-state index in [9.17, 15) is 4.79 Å². The summed E-state index contributed by atoms with van der Waals surface area (Å²) < 4.78 is 0. The third-order valence-corrected chi connectivity index (χ3v) is 3.20. The molecule has 0 aromatic heterocycles. The summed E-state index contributed by atoms with van der Waals surface area (Å²) in [7, 11) is 0. The van der Waals surface area contributed by atoms with Crippen LogP contribution in [0.3, 0.4) is 0 Å². The number of ketones is 1. The molecule has 1 aromatic rings. The molecular formula is C13H19Br2NO. The van der Waals surface area contributed by atoms with Crippen LogP contribution in [0.2, 0.25) is 0 Å². The minimum atomic E-state index is -0.501. The molecule has 1 rings (SSSR count). The predicted octanol–water partition coefficient (Wildman–Crippen LogP) is 3.66. The van der Waals surface area contributed by atoms with Crippen LogP contribution in [0.15, 0.2) is 30.3 Å². The summed E-state index contributed by atoms with van der Waals surface area (Å²) in [6, 6.07) is 10.3.